The number of methoxy groups -OCH3 is 2. The molecule has 1 aliphatic heterocycles. The van der Waals surface area contributed by atoms with Crippen LogP contribution in [0, 0.1) is 0 Å². The molecule has 1 amide bonds. The van der Waals surface area contributed by atoms with Gasteiger partial charge in [-0.05, 0) is 41.7 Å². The van der Waals surface area contributed by atoms with Crippen LogP contribution >= 0.6 is 0 Å². The van der Waals surface area contributed by atoms with E-state index in [9.17, 15) is 4.79 Å². The summed E-state index contributed by atoms with van der Waals surface area (Å²) in [5.74, 6) is 1.60. The lowest BCUT2D eigenvalue weighted by Crippen LogP contribution is -2.34. The molecule has 1 aliphatic rings. The van der Waals surface area contributed by atoms with Crippen molar-refractivity contribution in [2.45, 2.75) is 19.3 Å². The van der Waals surface area contributed by atoms with Crippen LogP contribution in [0.25, 0.3) is 5.57 Å². The first kappa shape index (κ1) is 18.1. The Hall–Kier alpha value is -2.75. The van der Waals surface area contributed by atoms with Crippen molar-refractivity contribution in [3.8, 4) is 11.5 Å². The summed E-state index contributed by atoms with van der Waals surface area (Å²) in [7, 11) is 3.24. The normalized spacial score (nSPS) is 13.9. The fraction of sp³-hybridized carbons (Fsp3) is 0.318. The topological polar surface area (TPSA) is 38.8 Å². The van der Waals surface area contributed by atoms with Crippen molar-refractivity contribution in [3.63, 3.8) is 0 Å². The molecular weight excluding hydrogens is 326 g/mol. The zero-order chi connectivity index (χ0) is 18.4. The average Bonchev–Trinajstić information content (AvgIpc) is 2.72. The molecule has 136 valence electrons. The molecule has 0 aromatic heterocycles. The fourth-order valence-corrected chi connectivity index (χ4v) is 3.26. The van der Waals surface area contributed by atoms with Crippen LogP contribution in [0.1, 0.15) is 24.0 Å². The number of carbonyl (C=O) groups excluding carboxylic acids is 1. The lowest BCUT2D eigenvalue weighted by atomic mass is 9.99. The summed E-state index contributed by atoms with van der Waals surface area (Å²) >= 11 is 0. The third kappa shape index (κ3) is 4.26. The molecule has 0 radical (unpaired) electrons. The molecule has 0 N–H and O–H groups in total. The zero-order valence-electron chi connectivity index (χ0n) is 15.4. The molecule has 0 atom stereocenters. The van der Waals surface area contributed by atoms with Crippen LogP contribution in [-0.2, 0) is 11.2 Å². The molecule has 1 heterocycles. The molecule has 0 fully saturated rings. The number of rotatable bonds is 6. The van der Waals surface area contributed by atoms with Crippen LogP contribution < -0.4 is 9.47 Å². The van der Waals surface area contributed by atoms with Crippen molar-refractivity contribution >= 4 is 11.5 Å². The van der Waals surface area contributed by atoms with Crippen LogP contribution in [0.3, 0.4) is 0 Å². The molecular formula is C22H25NO3. The molecule has 2 aromatic rings. The first-order valence-electron chi connectivity index (χ1n) is 8.94. The number of ether oxygens (including phenoxy) is 2. The van der Waals surface area contributed by atoms with Crippen molar-refractivity contribution in [3.05, 3.63) is 65.7 Å². The molecule has 2 aromatic carbocycles. The van der Waals surface area contributed by atoms with Gasteiger partial charge in [-0.15, -0.1) is 0 Å². The smallest absolute Gasteiger partial charge is 0.223 e. The lowest BCUT2D eigenvalue weighted by molar-refractivity contribution is -0.130. The van der Waals surface area contributed by atoms with Gasteiger partial charge in [0.2, 0.25) is 5.91 Å². The highest BCUT2D eigenvalue weighted by Gasteiger charge is 2.18. The van der Waals surface area contributed by atoms with Gasteiger partial charge in [-0.1, -0.05) is 42.5 Å². The van der Waals surface area contributed by atoms with E-state index in [1.807, 2.05) is 29.2 Å². The van der Waals surface area contributed by atoms with E-state index in [0.29, 0.717) is 30.9 Å². The zero-order valence-corrected chi connectivity index (χ0v) is 15.4. The van der Waals surface area contributed by atoms with E-state index in [1.54, 1.807) is 14.2 Å². The van der Waals surface area contributed by atoms with E-state index in [2.05, 4.69) is 30.3 Å². The van der Waals surface area contributed by atoms with Gasteiger partial charge in [-0.3, -0.25) is 4.79 Å². The van der Waals surface area contributed by atoms with Gasteiger partial charge in [-0.2, -0.15) is 0 Å². The monoisotopic (exact) mass is 351 g/mol. The molecule has 0 aliphatic carbocycles. The van der Waals surface area contributed by atoms with Crippen molar-refractivity contribution in [2.75, 3.05) is 27.3 Å². The van der Waals surface area contributed by atoms with E-state index in [4.69, 9.17) is 9.47 Å². The Morgan fingerprint density at radius 3 is 2.46 bits per heavy atom. The third-order valence-corrected chi connectivity index (χ3v) is 4.78. The SMILES string of the molecule is COc1ccc(CCC(=O)N2CC=C(c3ccccc3)CC2)cc1OC. The Morgan fingerprint density at radius 1 is 1.04 bits per heavy atom. The molecule has 0 saturated heterocycles. The lowest BCUT2D eigenvalue weighted by Gasteiger charge is -2.27. The number of hydrogen-bond donors (Lipinski definition) is 0. The Balaban J connectivity index is 1.56. The van der Waals surface area contributed by atoms with E-state index in [-0.39, 0.29) is 5.91 Å². The average molecular weight is 351 g/mol. The number of aryl methyl sites for hydroxylation is 1. The number of carbonyl (C=O) groups is 1. The molecule has 0 bridgehead atoms. The Morgan fingerprint density at radius 2 is 1.81 bits per heavy atom. The van der Waals surface area contributed by atoms with Gasteiger partial charge < -0.3 is 14.4 Å². The molecule has 26 heavy (non-hydrogen) atoms. The molecule has 4 heteroatoms. The Kier molecular flexibility index (Phi) is 5.95. The number of benzene rings is 2. The minimum Gasteiger partial charge on any atom is -0.493 e. The van der Waals surface area contributed by atoms with Gasteiger partial charge >= 0.3 is 0 Å². The summed E-state index contributed by atoms with van der Waals surface area (Å²) in [5, 5.41) is 0. The minimum atomic E-state index is 0.197. The highest BCUT2D eigenvalue weighted by atomic mass is 16.5. The summed E-state index contributed by atoms with van der Waals surface area (Å²) in [5.41, 5.74) is 3.66. The van der Waals surface area contributed by atoms with Gasteiger partial charge in [0, 0.05) is 19.5 Å². The van der Waals surface area contributed by atoms with Gasteiger partial charge in [-0.25, -0.2) is 0 Å². The molecule has 0 spiro atoms. The quantitative estimate of drug-likeness (QED) is 0.791. The summed E-state index contributed by atoms with van der Waals surface area (Å²) in [6.07, 6.45) is 4.29. The van der Waals surface area contributed by atoms with Crippen LogP contribution in [-0.4, -0.2) is 38.1 Å². The molecule has 0 unspecified atom stereocenters. The van der Waals surface area contributed by atoms with Gasteiger partial charge in [0.05, 0.1) is 14.2 Å². The second kappa shape index (κ2) is 8.56. The maximum atomic E-state index is 12.5. The number of nitrogens with zero attached hydrogens (tertiary/aromatic N) is 1. The third-order valence-electron chi connectivity index (χ3n) is 4.78. The maximum absolute atomic E-state index is 12.5. The van der Waals surface area contributed by atoms with E-state index < -0.39 is 0 Å². The number of amides is 1. The highest BCUT2D eigenvalue weighted by molar-refractivity contribution is 5.78. The van der Waals surface area contributed by atoms with Crippen molar-refractivity contribution < 1.29 is 14.3 Å². The first-order chi connectivity index (χ1) is 12.7. The largest absolute Gasteiger partial charge is 0.493 e. The summed E-state index contributed by atoms with van der Waals surface area (Å²) in [6, 6.07) is 16.2. The van der Waals surface area contributed by atoms with Crippen molar-refractivity contribution in [1.29, 1.82) is 0 Å². The predicted molar refractivity (Wildman–Crippen MR) is 103 cm³/mol. The van der Waals surface area contributed by atoms with E-state index in [1.165, 1.54) is 11.1 Å². The van der Waals surface area contributed by atoms with Gasteiger partial charge in [0.1, 0.15) is 0 Å². The molecule has 0 saturated carbocycles. The van der Waals surface area contributed by atoms with Gasteiger partial charge in [0.25, 0.3) is 0 Å². The predicted octanol–water partition coefficient (Wildman–Crippen LogP) is 3.95. The van der Waals surface area contributed by atoms with Crippen LogP contribution in [0.4, 0.5) is 0 Å². The van der Waals surface area contributed by atoms with Crippen LogP contribution in [0.2, 0.25) is 0 Å². The minimum absolute atomic E-state index is 0.197. The van der Waals surface area contributed by atoms with E-state index >= 15 is 0 Å². The standard InChI is InChI=1S/C22H25NO3/c1-25-20-10-8-17(16-21(20)26-2)9-11-22(24)23-14-12-19(13-15-23)18-6-4-3-5-7-18/h3-8,10,12,16H,9,11,13-15H2,1-2H3. The second-order valence-corrected chi connectivity index (χ2v) is 6.37. The Bertz CT molecular complexity index is 783. The molecule has 4 nitrogen and oxygen atoms in total. The second-order valence-electron chi connectivity index (χ2n) is 6.37. The fourth-order valence-electron chi connectivity index (χ4n) is 3.26. The summed E-state index contributed by atoms with van der Waals surface area (Å²) < 4.78 is 10.6. The highest BCUT2D eigenvalue weighted by Crippen LogP contribution is 2.28. The summed E-state index contributed by atoms with van der Waals surface area (Å²) in [6.45, 7) is 1.47. The van der Waals surface area contributed by atoms with Crippen molar-refractivity contribution in [2.24, 2.45) is 0 Å². The van der Waals surface area contributed by atoms with E-state index in [0.717, 1.165) is 18.5 Å². The van der Waals surface area contributed by atoms with Crippen LogP contribution in [0.15, 0.2) is 54.6 Å². The van der Waals surface area contributed by atoms with Crippen molar-refractivity contribution in [1.82, 2.24) is 4.90 Å². The number of hydrogen-bond acceptors (Lipinski definition) is 3. The van der Waals surface area contributed by atoms with Crippen LogP contribution in [0.5, 0.6) is 11.5 Å². The van der Waals surface area contributed by atoms with Gasteiger partial charge in [0.15, 0.2) is 11.5 Å². The molecule has 3 rings (SSSR count). The summed E-state index contributed by atoms with van der Waals surface area (Å²) in [4.78, 5) is 14.5. The first-order valence-corrected chi connectivity index (χ1v) is 8.94. The maximum Gasteiger partial charge on any atom is 0.223 e. The Labute approximate surface area is 155 Å².